The predicted molar refractivity (Wildman–Crippen MR) is 100 cm³/mol. The van der Waals surface area contributed by atoms with Gasteiger partial charge in [0.15, 0.2) is 6.54 Å². The molecule has 5 nitrogen and oxygen atoms in total. The summed E-state index contributed by atoms with van der Waals surface area (Å²) >= 11 is 1.69. The summed E-state index contributed by atoms with van der Waals surface area (Å²) in [5.74, 6) is 0.0549. The number of ether oxygens (including phenoxy) is 1. The van der Waals surface area contributed by atoms with Gasteiger partial charge in [-0.3, -0.25) is 4.79 Å². The van der Waals surface area contributed by atoms with Gasteiger partial charge in [-0.15, -0.1) is 0 Å². The summed E-state index contributed by atoms with van der Waals surface area (Å²) in [4.78, 5) is 14.9. The van der Waals surface area contributed by atoms with E-state index in [-0.39, 0.29) is 5.91 Å². The standard InChI is InChI=1S/C19H25N3O2S/c1-21(12-17-6-11-25-15-17)14-19(23)20-18-4-2-16(3-5-18)13-22-7-9-24-10-8-22/h2-6,11,15H,7-10,12-14H2,1H3,(H,20,23)/p+2. The fourth-order valence-corrected chi connectivity index (χ4v) is 3.78. The molecule has 0 saturated carbocycles. The van der Waals surface area contributed by atoms with Gasteiger partial charge in [-0.2, -0.15) is 11.3 Å². The number of quaternary nitrogens is 2. The summed E-state index contributed by atoms with van der Waals surface area (Å²) in [7, 11) is 2.05. The summed E-state index contributed by atoms with van der Waals surface area (Å²) in [6.45, 7) is 6.20. The minimum absolute atomic E-state index is 0.0549. The summed E-state index contributed by atoms with van der Waals surface area (Å²) in [6, 6.07) is 10.3. The maximum absolute atomic E-state index is 12.2. The number of anilines is 1. The van der Waals surface area contributed by atoms with Gasteiger partial charge < -0.3 is 19.9 Å². The first kappa shape index (κ1) is 18.1. The minimum Gasteiger partial charge on any atom is -0.370 e. The number of benzene rings is 1. The van der Waals surface area contributed by atoms with E-state index in [0.717, 1.165) is 45.1 Å². The molecule has 1 atom stereocenters. The Morgan fingerprint density at radius 2 is 1.96 bits per heavy atom. The van der Waals surface area contributed by atoms with Gasteiger partial charge in [0, 0.05) is 16.8 Å². The molecule has 1 unspecified atom stereocenters. The van der Waals surface area contributed by atoms with Gasteiger partial charge in [0.05, 0.1) is 20.3 Å². The minimum atomic E-state index is 0.0549. The van der Waals surface area contributed by atoms with Gasteiger partial charge in [-0.25, -0.2) is 0 Å². The van der Waals surface area contributed by atoms with Crippen LogP contribution in [0.25, 0.3) is 0 Å². The lowest BCUT2D eigenvalue weighted by Crippen LogP contribution is -3.12. The average molecular weight is 362 g/mol. The third-order valence-corrected chi connectivity index (χ3v) is 5.17. The van der Waals surface area contributed by atoms with Gasteiger partial charge in [0.25, 0.3) is 5.91 Å². The third kappa shape index (κ3) is 5.93. The molecular weight excluding hydrogens is 334 g/mol. The Kier molecular flexibility index (Phi) is 6.58. The zero-order valence-electron chi connectivity index (χ0n) is 14.7. The first-order chi connectivity index (χ1) is 12.2. The van der Waals surface area contributed by atoms with E-state index >= 15 is 0 Å². The lowest BCUT2D eigenvalue weighted by Gasteiger charge is -2.23. The van der Waals surface area contributed by atoms with E-state index < -0.39 is 0 Å². The van der Waals surface area contributed by atoms with Crippen LogP contribution in [0.4, 0.5) is 5.69 Å². The highest BCUT2D eigenvalue weighted by molar-refractivity contribution is 7.07. The van der Waals surface area contributed by atoms with E-state index in [1.807, 2.05) is 19.2 Å². The van der Waals surface area contributed by atoms with Crippen molar-refractivity contribution in [3.63, 3.8) is 0 Å². The maximum Gasteiger partial charge on any atom is 0.279 e. The maximum atomic E-state index is 12.2. The van der Waals surface area contributed by atoms with Crippen LogP contribution in [-0.2, 0) is 22.6 Å². The Labute approximate surface area is 153 Å². The second kappa shape index (κ2) is 9.10. The van der Waals surface area contributed by atoms with Gasteiger partial charge in [0.1, 0.15) is 26.2 Å². The van der Waals surface area contributed by atoms with E-state index in [4.69, 9.17) is 4.74 Å². The Balaban J connectivity index is 1.44. The van der Waals surface area contributed by atoms with Crippen molar-refractivity contribution in [2.75, 3.05) is 45.2 Å². The number of morpholine rings is 1. The highest BCUT2D eigenvalue weighted by Gasteiger charge is 2.14. The van der Waals surface area contributed by atoms with Gasteiger partial charge in [-0.05, 0) is 29.0 Å². The smallest absolute Gasteiger partial charge is 0.279 e. The molecule has 6 heteroatoms. The van der Waals surface area contributed by atoms with Crippen LogP contribution < -0.4 is 15.1 Å². The van der Waals surface area contributed by atoms with Crippen LogP contribution in [0.1, 0.15) is 11.1 Å². The SMILES string of the molecule is C[NH+](CC(=O)Nc1ccc(C[NH+]2CCOCC2)cc1)Cc1ccsc1. The summed E-state index contributed by atoms with van der Waals surface area (Å²) in [6.07, 6.45) is 0. The van der Waals surface area contributed by atoms with E-state index in [1.165, 1.54) is 16.0 Å². The van der Waals surface area contributed by atoms with E-state index in [0.29, 0.717) is 6.54 Å². The second-order valence-electron chi connectivity index (χ2n) is 6.73. The van der Waals surface area contributed by atoms with Gasteiger partial charge >= 0.3 is 0 Å². The first-order valence-electron chi connectivity index (χ1n) is 8.81. The summed E-state index contributed by atoms with van der Waals surface area (Å²) in [5.41, 5.74) is 3.45. The molecule has 1 aliphatic heterocycles. The summed E-state index contributed by atoms with van der Waals surface area (Å²) in [5, 5.41) is 7.21. The Morgan fingerprint density at radius 1 is 1.20 bits per heavy atom. The lowest BCUT2D eigenvalue weighted by molar-refractivity contribution is -0.921. The zero-order valence-corrected chi connectivity index (χ0v) is 15.5. The molecular formula is C19H27N3O2S+2. The van der Waals surface area contributed by atoms with E-state index in [1.54, 1.807) is 16.2 Å². The molecule has 1 amide bonds. The van der Waals surface area contributed by atoms with Crippen molar-refractivity contribution in [1.29, 1.82) is 0 Å². The number of nitrogens with one attached hydrogen (secondary N) is 3. The predicted octanol–water partition coefficient (Wildman–Crippen LogP) is -0.183. The van der Waals surface area contributed by atoms with Crippen molar-refractivity contribution >= 4 is 22.9 Å². The average Bonchev–Trinajstić information content (AvgIpc) is 3.10. The van der Waals surface area contributed by atoms with Crippen molar-refractivity contribution in [3.8, 4) is 0 Å². The third-order valence-electron chi connectivity index (χ3n) is 4.44. The monoisotopic (exact) mass is 361 g/mol. The van der Waals surface area contributed by atoms with Crippen molar-refractivity contribution in [3.05, 3.63) is 52.2 Å². The fourth-order valence-electron chi connectivity index (χ4n) is 3.11. The van der Waals surface area contributed by atoms with E-state index in [2.05, 4.69) is 34.3 Å². The molecule has 1 saturated heterocycles. The second-order valence-corrected chi connectivity index (χ2v) is 7.51. The van der Waals surface area contributed by atoms with Crippen LogP contribution in [0.5, 0.6) is 0 Å². The molecule has 3 N–H and O–H groups in total. The molecule has 3 rings (SSSR count). The summed E-state index contributed by atoms with van der Waals surface area (Å²) < 4.78 is 5.39. The molecule has 25 heavy (non-hydrogen) atoms. The first-order valence-corrected chi connectivity index (χ1v) is 9.76. The molecule has 0 bridgehead atoms. The highest BCUT2D eigenvalue weighted by Crippen LogP contribution is 2.09. The molecule has 134 valence electrons. The number of amides is 1. The molecule has 2 aromatic rings. The Bertz CT molecular complexity index is 652. The molecule has 1 aliphatic rings. The number of carbonyl (C=O) groups is 1. The van der Waals surface area contributed by atoms with Gasteiger partial charge in [-0.1, -0.05) is 12.1 Å². The molecule has 2 heterocycles. The zero-order chi connectivity index (χ0) is 17.5. The number of carbonyl (C=O) groups excluding carboxylic acids is 1. The van der Waals surface area contributed by atoms with Crippen molar-refractivity contribution < 1.29 is 19.3 Å². The van der Waals surface area contributed by atoms with Crippen molar-refractivity contribution in [1.82, 2.24) is 0 Å². The van der Waals surface area contributed by atoms with Crippen LogP contribution in [0.3, 0.4) is 0 Å². The molecule has 0 radical (unpaired) electrons. The number of hydrogen-bond donors (Lipinski definition) is 3. The highest BCUT2D eigenvalue weighted by atomic mass is 32.1. The topological polar surface area (TPSA) is 47.2 Å². The fraction of sp³-hybridized carbons (Fsp3) is 0.421. The molecule has 0 spiro atoms. The van der Waals surface area contributed by atoms with Crippen LogP contribution in [0.15, 0.2) is 41.1 Å². The molecule has 1 aromatic heterocycles. The van der Waals surface area contributed by atoms with E-state index in [9.17, 15) is 4.79 Å². The van der Waals surface area contributed by atoms with Gasteiger partial charge in [0.2, 0.25) is 0 Å². The van der Waals surface area contributed by atoms with Crippen LogP contribution in [0, 0.1) is 0 Å². The van der Waals surface area contributed by atoms with Crippen LogP contribution in [0.2, 0.25) is 0 Å². The number of rotatable bonds is 7. The van der Waals surface area contributed by atoms with Crippen molar-refractivity contribution in [2.24, 2.45) is 0 Å². The lowest BCUT2D eigenvalue weighted by atomic mass is 10.2. The number of likely N-dealkylation sites (N-methyl/N-ethyl adjacent to an activating group) is 1. The molecule has 1 fully saturated rings. The largest absolute Gasteiger partial charge is 0.370 e. The number of thiophene rings is 1. The Hall–Kier alpha value is -1.73. The Morgan fingerprint density at radius 3 is 2.64 bits per heavy atom. The van der Waals surface area contributed by atoms with Crippen LogP contribution in [-0.4, -0.2) is 45.8 Å². The quantitative estimate of drug-likeness (QED) is 0.641. The van der Waals surface area contributed by atoms with Crippen LogP contribution >= 0.6 is 11.3 Å². The molecule has 0 aliphatic carbocycles. The molecule has 1 aromatic carbocycles. The number of hydrogen-bond acceptors (Lipinski definition) is 3. The van der Waals surface area contributed by atoms with Crippen molar-refractivity contribution in [2.45, 2.75) is 13.1 Å². The normalized spacial score (nSPS) is 16.5.